The minimum Gasteiger partial charge on any atom is -0.368 e. The summed E-state index contributed by atoms with van der Waals surface area (Å²) >= 11 is 0. The molecule has 2 N–H and O–H groups in total. The highest BCUT2D eigenvalue weighted by atomic mass is 15.0. The predicted octanol–water partition coefficient (Wildman–Crippen LogP) is 2.06. The quantitative estimate of drug-likeness (QED) is 0.752. The van der Waals surface area contributed by atoms with Gasteiger partial charge in [-0.15, -0.1) is 0 Å². The minimum absolute atomic E-state index is 0.424. The Morgan fingerprint density at radius 1 is 1.38 bits per heavy atom. The van der Waals surface area contributed by atoms with Crippen LogP contribution in [0.25, 0.3) is 0 Å². The molecule has 0 aromatic carbocycles. The first kappa shape index (κ1) is 8.48. The Labute approximate surface area is 78.4 Å². The molecule has 1 heterocycles. The van der Waals surface area contributed by atoms with Crippen LogP contribution in [-0.2, 0) is 0 Å². The Bertz CT molecular complexity index is 296. The fourth-order valence-corrected chi connectivity index (χ4v) is 1.39. The summed E-state index contributed by atoms with van der Waals surface area (Å²) in [7, 11) is 0. The smallest absolute Gasteiger partial charge is 0.220 e. The zero-order valence-electron chi connectivity index (χ0n) is 8.12. The fourth-order valence-electron chi connectivity index (χ4n) is 1.39. The Morgan fingerprint density at radius 3 is 2.62 bits per heavy atom. The molecule has 1 aliphatic carbocycles. The van der Waals surface area contributed by atoms with E-state index in [1.807, 2.05) is 0 Å². The van der Waals surface area contributed by atoms with Crippen molar-refractivity contribution in [3.05, 3.63) is 17.5 Å². The molecule has 0 unspecified atom stereocenters. The molecule has 0 atom stereocenters. The fraction of sp³-hybridized carbons (Fsp3) is 0.600. The monoisotopic (exact) mass is 177 g/mol. The highest BCUT2D eigenvalue weighted by Gasteiger charge is 2.26. The summed E-state index contributed by atoms with van der Waals surface area (Å²) in [6, 6.07) is 2.10. The van der Waals surface area contributed by atoms with Crippen molar-refractivity contribution in [2.24, 2.45) is 0 Å². The third kappa shape index (κ3) is 1.79. The maximum absolute atomic E-state index is 5.64. The lowest BCUT2D eigenvalue weighted by atomic mass is 10.1. The van der Waals surface area contributed by atoms with Gasteiger partial charge in [-0.3, -0.25) is 0 Å². The van der Waals surface area contributed by atoms with Gasteiger partial charge in [0, 0.05) is 17.3 Å². The molecule has 0 radical (unpaired) electrons. The van der Waals surface area contributed by atoms with E-state index in [0.29, 0.717) is 17.8 Å². The second kappa shape index (κ2) is 2.98. The summed E-state index contributed by atoms with van der Waals surface area (Å²) in [5.74, 6) is 1.51. The summed E-state index contributed by atoms with van der Waals surface area (Å²) in [6.45, 7) is 4.25. The van der Waals surface area contributed by atoms with Gasteiger partial charge in [0.05, 0.1) is 0 Å². The van der Waals surface area contributed by atoms with E-state index in [-0.39, 0.29) is 0 Å². The van der Waals surface area contributed by atoms with Crippen LogP contribution >= 0.6 is 0 Å². The van der Waals surface area contributed by atoms with Crippen molar-refractivity contribution in [3.63, 3.8) is 0 Å². The van der Waals surface area contributed by atoms with E-state index in [9.17, 15) is 0 Å². The van der Waals surface area contributed by atoms with Crippen molar-refractivity contribution in [2.45, 2.75) is 38.5 Å². The number of nitrogens with zero attached hydrogens (tertiary/aromatic N) is 2. The molecule has 0 saturated heterocycles. The van der Waals surface area contributed by atoms with E-state index >= 15 is 0 Å². The maximum atomic E-state index is 5.64. The standard InChI is InChI=1S/C10H15N3/c1-6(2)8-5-9(7-3-4-7)13-10(11)12-8/h5-7H,3-4H2,1-2H3,(H2,11,12,13). The number of aromatic nitrogens is 2. The van der Waals surface area contributed by atoms with Crippen molar-refractivity contribution < 1.29 is 0 Å². The Hall–Kier alpha value is -1.12. The third-order valence-electron chi connectivity index (χ3n) is 2.37. The highest BCUT2D eigenvalue weighted by Crippen LogP contribution is 2.39. The van der Waals surface area contributed by atoms with Crippen LogP contribution in [0.15, 0.2) is 6.07 Å². The van der Waals surface area contributed by atoms with Crippen LogP contribution in [0.4, 0.5) is 5.95 Å². The number of hydrogen-bond donors (Lipinski definition) is 1. The van der Waals surface area contributed by atoms with Crippen LogP contribution in [0.3, 0.4) is 0 Å². The van der Waals surface area contributed by atoms with E-state index in [1.54, 1.807) is 0 Å². The molecule has 3 nitrogen and oxygen atoms in total. The largest absolute Gasteiger partial charge is 0.368 e. The van der Waals surface area contributed by atoms with E-state index in [2.05, 4.69) is 29.9 Å². The lowest BCUT2D eigenvalue weighted by Gasteiger charge is -2.07. The van der Waals surface area contributed by atoms with Crippen molar-refractivity contribution in [2.75, 3.05) is 5.73 Å². The molecule has 0 aliphatic heterocycles. The minimum atomic E-state index is 0.424. The second-order valence-electron chi connectivity index (χ2n) is 4.00. The molecule has 1 aliphatic rings. The van der Waals surface area contributed by atoms with Crippen LogP contribution in [0, 0.1) is 0 Å². The number of anilines is 1. The van der Waals surface area contributed by atoms with Crippen LogP contribution in [0.2, 0.25) is 0 Å². The van der Waals surface area contributed by atoms with Crippen LogP contribution in [0.1, 0.15) is 49.9 Å². The van der Waals surface area contributed by atoms with Crippen LogP contribution in [-0.4, -0.2) is 9.97 Å². The molecule has 1 aromatic heterocycles. The first-order valence-corrected chi connectivity index (χ1v) is 4.81. The average molecular weight is 177 g/mol. The molecule has 2 rings (SSSR count). The van der Waals surface area contributed by atoms with E-state index in [4.69, 9.17) is 5.73 Å². The molecule has 1 saturated carbocycles. The number of nitrogens with two attached hydrogens (primary N) is 1. The lowest BCUT2D eigenvalue weighted by Crippen LogP contribution is -2.03. The Kier molecular flexibility index (Phi) is 1.94. The van der Waals surface area contributed by atoms with Gasteiger partial charge in [0.2, 0.25) is 5.95 Å². The van der Waals surface area contributed by atoms with Gasteiger partial charge in [-0.05, 0) is 24.8 Å². The Morgan fingerprint density at radius 2 is 2.08 bits per heavy atom. The summed E-state index contributed by atoms with van der Waals surface area (Å²) in [5, 5.41) is 0. The number of hydrogen-bond acceptors (Lipinski definition) is 3. The zero-order valence-corrected chi connectivity index (χ0v) is 8.12. The van der Waals surface area contributed by atoms with Crippen molar-refractivity contribution in [1.29, 1.82) is 0 Å². The molecule has 70 valence electrons. The molecule has 3 heteroatoms. The predicted molar refractivity (Wildman–Crippen MR) is 52.5 cm³/mol. The second-order valence-corrected chi connectivity index (χ2v) is 4.00. The topological polar surface area (TPSA) is 51.8 Å². The van der Waals surface area contributed by atoms with Crippen molar-refractivity contribution >= 4 is 5.95 Å². The van der Waals surface area contributed by atoms with Crippen molar-refractivity contribution in [3.8, 4) is 0 Å². The molecular formula is C10H15N3. The summed E-state index contributed by atoms with van der Waals surface area (Å²) < 4.78 is 0. The van der Waals surface area contributed by atoms with Crippen molar-refractivity contribution in [1.82, 2.24) is 9.97 Å². The summed E-state index contributed by atoms with van der Waals surface area (Å²) in [6.07, 6.45) is 2.52. The van der Waals surface area contributed by atoms with Gasteiger partial charge < -0.3 is 5.73 Å². The molecule has 0 spiro atoms. The SMILES string of the molecule is CC(C)c1cc(C2CC2)nc(N)n1. The van der Waals surface area contributed by atoms with Gasteiger partial charge in [0.25, 0.3) is 0 Å². The molecule has 0 bridgehead atoms. The zero-order chi connectivity index (χ0) is 9.42. The molecule has 1 aromatic rings. The average Bonchev–Trinajstić information content (AvgIpc) is 2.85. The Balaban J connectivity index is 2.36. The molecule has 0 amide bonds. The normalized spacial score (nSPS) is 16.5. The van der Waals surface area contributed by atoms with Gasteiger partial charge in [-0.25, -0.2) is 9.97 Å². The number of nitrogen functional groups attached to an aromatic ring is 1. The van der Waals surface area contributed by atoms with Gasteiger partial charge in [0.15, 0.2) is 0 Å². The van der Waals surface area contributed by atoms with Gasteiger partial charge in [-0.1, -0.05) is 13.8 Å². The van der Waals surface area contributed by atoms with Crippen LogP contribution in [0.5, 0.6) is 0 Å². The molecular weight excluding hydrogens is 162 g/mol. The molecule has 13 heavy (non-hydrogen) atoms. The van der Waals surface area contributed by atoms with Crippen LogP contribution < -0.4 is 5.73 Å². The number of rotatable bonds is 2. The lowest BCUT2D eigenvalue weighted by molar-refractivity contribution is 0.806. The summed E-state index contributed by atoms with van der Waals surface area (Å²) in [5.41, 5.74) is 7.84. The van der Waals surface area contributed by atoms with Gasteiger partial charge in [0.1, 0.15) is 0 Å². The van der Waals surface area contributed by atoms with E-state index in [1.165, 1.54) is 12.8 Å². The molecule has 1 fully saturated rings. The third-order valence-corrected chi connectivity index (χ3v) is 2.37. The van der Waals surface area contributed by atoms with E-state index in [0.717, 1.165) is 11.4 Å². The first-order chi connectivity index (χ1) is 6.16. The van der Waals surface area contributed by atoms with Gasteiger partial charge >= 0.3 is 0 Å². The maximum Gasteiger partial charge on any atom is 0.220 e. The van der Waals surface area contributed by atoms with Gasteiger partial charge in [-0.2, -0.15) is 0 Å². The van der Waals surface area contributed by atoms with E-state index < -0.39 is 0 Å². The summed E-state index contributed by atoms with van der Waals surface area (Å²) in [4.78, 5) is 8.46. The highest BCUT2D eigenvalue weighted by molar-refractivity contribution is 5.28. The first-order valence-electron chi connectivity index (χ1n) is 4.81.